The van der Waals surface area contributed by atoms with E-state index >= 15 is 0 Å². The third-order valence-corrected chi connectivity index (χ3v) is 5.41. The molecule has 0 saturated heterocycles. The minimum atomic E-state index is -4.42. The van der Waals surface area contributed by atoms with Crippen LogP contribution in [0.1, 0.15) is 30.9 Å². The molecule has 0 aliphatic heterocycles. The lowest BCUT2D eigenvalue weighted by Crippen LogP contribution is -2.51. The number of hydrogen-bond donors (Lipinski definition) is 1. The van der Waals surface area contributed by atoms with Crippen LogP contribution in [0, 0.1) is 5.41 Å². The average molecular weight is 395 g/mol. The monoisotopic (exact) mass is 395 g/mol. The molecular weight excluding hydrogens is 375 g/mol. The molecule has 0 spiro atoms. The van der Waals surface area contributed by atoms with Crippen molar-refractivity contribution in [3.8, 4) is 0 Å². The largest absolute Gasteiger partial charge is 0.469 e. The standard InChI is InChI=1S/C19H20F3N3O3/c1-17(16(26)28-2)8-7-15(18(17,27)10-25-12-23-11-24-25)9-13-3-5-14(6-4-13)19(20,21)22/h3-6,9,11-12,27H,7-8,10H2,1-2H3/b15-9+. The highest BCUT2D eigenvalue weighted by atomic mass is 19.4. The highest BCUT2D eigenvalue weighted by Crippen LogP contribution is 2.52. The molecule has 2 atom stereocenters. The van der Waals surface area contributed by atoms with E-state index in [1.54, 1.807) is 13.0 Å². The van der Waals surface area contributed by atoms with E-state index in [4.69, 9.17) is 4.74 Å². The maximum absolute atomic E-state index is 12.8. The first-order chi connectivity index (χ1) is 13.1. The van der Waals surface area contributed by atoms with Gasteiger partial charge in [0.05, 0.1) is 24.6 Å². The van der Waals surface area contributed by atoms with Gasteiger partial charge >= 0.3 is 12.1 Å². The number of methoxy groups -OCH3 is 1. The van der Waals surface area contributed by atoms with Crippen LogP contribution in [0.2, 0.25) is 0 Å². The number of hydrogen-bond acceptors (Lipinski definition) is 5. The second kappa shape index (κ2) is 7.05. The first-order valence-corrected chi connectivity index (χ1v) is 8.62. The Balaban J connectivity index is 2.01. The van der Waals surface area contributed by atoms with Crippen molar-refractivity contribution in [1.29, 1.82) is 0 Å². The van der Waals surface area contributed by atoms with Crippen LogP contribution in [0.15, 0.2) is 42.5 Å². The van der Waals surface area contributed by atoms with Crippen molar-refractivity contribution in [2.24, 2.45) is 5.41 Å². The Labute approximate surface area is 159 Å². The van der Waals surface area contributed by atoms with Gasteiger partial charge in [-0.3, -0.25) is 4.79 Å². The number of nitrogens with zero attached hydrogens (tertiary/aromatic N) is 3. The van der Waals surface area contributed by atoms with E-state index in [9.17, 15) is 23.1 Å². The van der Waals surface area contributed by atoms with E-state index in [-0.39, 0.29) is 6.54 Å². The molecule has 0 radical (unpaired) electrons. The minimum Gasteiger partial charge on any atom is -0.469 e. The molecule has 1 aromatic heterocycles. The van der Waals surface area contributed by atoms with Gasteiger partial charge in [-0.05, 0) is 43.0 Å². The van der Waals surface area contributed by atoms with Crippen molar-refractivity contribution in [2.45, 2.75) is 38.1 Å². The number of esters is 1. The predicted molar refractivity (Wildman–Crippen MR) is 93.7 cm³/mol. The Morgan fingerprint density at radius 1 is 1.36 bits per heavy atom. The molecule has 0 amide bonds. The molecular formula is C19H20F3N3O3. The summed E-state index contributed by atoms with van der Waals surface area (Å²) in [5, 5.41) is 15.5. The van der Waals surface area contributed by atoms with Gasteiger partial charge < -0.3 is 9.84 Å². The van der Waals surface area contributed by atoms with E-state index < -0.39 is 28.7 Å². The van der Waals surface area contributed by atoms with Crippen molar-refractivity contribution in [3.63, 3.8) is 0 Å². The Hall–Kier alpha value is -2.68. The van der Waals surface area contributed by atoms with Gasteiger partial charge in [0.15, 0.2) is 0 Å². The molecule has 9 heteroatoms. The topological polar surface area (TPSA) is 77.2 Å². The zero-order valence-corrected chi connectivity index (χ0v) is 15.4. The number of rotatable bonds is 4. The molecule has 1 N–H and O–H groups in total. The van der Waals surface area contributed by atoms with Crippen LogP contribution in [0.4, 0.5) is 13.2 Å². The fourth-order valence-electron chi connectivity index (χ4n) is 3.63. The number of alkyl halides is 3. The lowest BCUT2D eigenvalue weighted by Gasteiger charge is -2.37. The van der Waals surface area contributed by atoms with E-state index in [1.807, 2.05) is 0 Å². The average Bonchev–Trinajstić information content (AvgIpc) is 3.23. The van der Waals surface area contributed by atoms with Gasteiger partial charge in [-0.1, -0.05) is 18.2 Å². The van der Waals surface area contributed by atoms with Crippen LogP contribution >= 0.6 is 0 Å². The van der Waals surface area contributed by atoms with E-state index in [0.717, 1.165) is 12.1 Å². The third kappa shape index (κ3) is 3.42. The number of ether oxygens (including phenoxy) is 1. The fraction of sp³-hybridized carbons (Fsp3) is 0.421. The molecule has 0 bridgehead atoms. The summed E-state index contributed by atoms with van der Waals surface area (Å²) in [5.41, 5.74) is -2.59. The van der Waals surface area contributed by atoms with Gasteiger partial charge in [-0.15, -0.1) is 0 Å². The Morgan fingerprint density at radius 3 is 2.57 bits per heavy atom. The second-order valence-corrected chi connectivity index (χ2v) is 7.07. The first-order valence-electron chi connectivity index (χ1n) is 8.62. The fourth-order valence-corrected chi connectivity index (χ4v) is 3.63. The van der Waals surface area contributed by atoms with E-state index in [2.05, 4.69) is 10.1 Å². The van der Waals surface area contributed by atoms with Crippen molar-refractivity contribution < 1.29 is 27.8 Å². The summed E-state index contributed by atoms with van der Waals surface area (Å²) in [4.78, 5) is 16.3. The number of carbonyl (C=O) groups excluding carboxylic acids is 1. The molecule has 1 aliphatic rings. The van der Waals surface area contributed by atoms with Crippen LogP contribution in [0.25, 0.3) is 6.08 Å². The SMILES string of the molecule is COC(=O)C1(C)CC/C(=C\c2ccc(C(F)(F)F)cc2)C1(O)Cn1cncn1. The van der Waals surface area contributed by atoms with Crippen LogP contribution in [-0.2, 0) is 22.3 Å². The summed E-state index contributed by atoms with van der Waals surface area (Å²) in [6.07, 6.45) is 0.646. The lowest BCUT2D eigenvalue weighted by atomic mass is 9.74. The Bertz CT molecular complexity index is 878. The second-order valence-electron chi connectivity index (χ2n) is 7.07. The predicted octanol–water partition coefficient (Wildman–Crippen LogP) is 3.08. The summed E-state index contributed by atoms with van der Waals surface area (Å²) in [7, 11) is 1.25. The van der Waals surface area contributed by atoms with Gasteiger partial charge in [0.1, 0.15) is 18.3 Å². The maximum Gasteiger partial charge on any atom is 0.416 e. The minimum absolute atomic E-state index is 0.0366. The smallest absolute Gasteiger partial charge is 0.416 e. The third-order valence-electron chi connectivity index (χ3n) is 5.41. The Morgan fingerprint density at radius 2 is 2.04 bits per heavy atom. The van der Waals surface area contributed by atoms with Gasteiger partial charge in [0, 0.05) is 0 Å². The molecule has 3 rings (SSSR count). The number of aliphatic hydroxyl groups is 1. The summed E-state index contributed by atoms with van der Waals surface area (Å²) in [5.74, 6) is -0.564. The van der Waals surface area contributed by atoms with Gasteiger partial charge in [-0.25, -0.2) is 9.67 Å². The van der Waals surface area contributed by atoms with Crippen molar-refractivity contribution >= 4 is 12.0 Å². The van der Waals surface area contributed by atoms with Crippen LogP contribution < -0.4 is 0 Å². The molecule has 1 saturated carbocycles. The van der Waals surface area contributed by atoms with Crippen LogP contribution in [0.3, 0.4) is 0 Å². The summed E-state index contributed by atoms with van der Waals surface area (Å²) in [6.45, 7) is 1.58. The highest BCUT2D eigenvalue weighted by Gasteiger charge is 2.59. The molecule has 6 nitrogen and oxygen atoms in total. The van der Waals surface area contributed by atoms with Gasteiger partial charge in [-0.2, -0.15) is 18.3 Å². The van der Waals surface area contributed by atoms with E-state index in [0.29, 0.717) is 24.0 Å². The van der Waals surface area contributed by atoms with Crippen molar-refractivity contribution in [3.05, 3.63) is 53.6 Å². The lowest BCUT2D eigenvalue weighted by molar-refractivity contribution is -0.164. The van der Waals surface area contributed by atoms with Crippen molar-refractivity contribution in [2.75, 3.05) is 7.11 Å². The zero-order valence-electron chi connectivity index (χ0n) is 15.4. The molecule has 2 unspecified atom stereocenters. The van der Waals surface area contributed by atoms with Crippen molar-refractivity contribution in [1.82, 2.24) is 14.8 Å². The molecule has 1 aliphatic carbocycles. The normalized spacial score (nSPS) is 26.6. The van der Waals surface area contributed by atoms with Gasteiger partial charge in [0.25, 0.3) is 0 Å². The van der Waals surface area contributed by atoms with Crippen LogP contribution in [-0.4, -0.2) is 38.6 Å². The Kier molecular flexibility index (Phi) is 5.05. The zero-order chi connectivity index (χ0) is 20.6. The summed E-state index contributed by atoms with van der Waals surface area (Å²) in [6, 6.07) is 4.63. The molecule has 150 valence electrons. The molecule has 1 heterocycles. The van der Waals surface area contributed by atoms with Crippen LogP contribution in [0.5, 0.6) is 0 Å². The first kappa shape index (κ1) is 20.1. The number of benzene rings is 1. The molecule has 1 aromatic carbocycles. The summed E-state index contributed by atoms with van der Waals surface area (Å²) >= 11 is 0. The van der Waals surface area contributed by atoms with E-state index in [1.165, 1.54) is 36.6 Å². The number of carbonyl (C=O) groups is 1. The molecule has 2 aromatic rings. The van der Waals surface area contributed by atoms with Gasteiger partial charge in [0.2, 0.25) is 0 Å². The highest BCUT2D eigenvalue weighted by molar-refractivity contribution is 5.81. The maximum atomic E-state index is 12.8. The molecule has 28 heavy (non-hydrogen) atoms. The summed E-state index contributed by atoms with van der Waals surface area (Å²) < 4.78 is 44.6. The molecule has 1 fully saturated rings. The number of aromatic nitrogens is 3. The quantitative estimate of drug-likeness (QED) is 0.805. The number of halogens is 3.